The summed E-state index contributed by atoms with van der Waals surface area (Å²) in [6.07, 6.45) is 0.426. The van der Waals surface area contributed by atoms with Crippen molar-refractivity contribution in [1.29, 1.82) is 5.26 Å². The Morgan fingerprint density at radius 1 is 1.24 bits per heavy atom. The van der Waals surface area contributed by atoms with Crippen molar-refractivity contribution in [1.82, 2.24) is 0 Å². The summed E-state index contributed by atoms with van der Waals surface area (Å²) in [7, 11) is 0. The van der Waals surface area contributed by atoms with Crippen molar-refractivity contribution in [2.75, 3.05) is 23.1 Å². The van der Waals surface area contributed by atoms with Crippen LogP contribution in [0.2, 0.25) is 0 Å². The van der Waals surface area contributed by atoms with E-state index in [9.17, 15) is 5.26 Å². The number of allylic oxidation sites excluding steroid dienone is 1. The minimum atomic E-state index is -0.740. The normalized spacial score (nSPS) is 19.7. The third kappa shape index (κ3) is 5.78. The molecule has 1 aromatic rings. The monoisotopic (exact) mass is 434 g/mol. The summed E-state index contributed by atoms with van der Waals surface area (Å²) in [6.45, 7) is 4.26. The third-order valence-corrected chi connectivity index (χ3v) is 5.04. The fourth-order valence-corrected chi connectivity index (χ4v) is 3.14. The lowest BCUT2D eigenvalue weighted by Gasteiger charge is -2.34. The molecule has 4 N–H and O–H groups in total. The molecule has 0 bridgehead atoms. The zero-order valence-corrected chi connectivity index (χ0v) is 18.1. The van der Waals surface area contributed by atoms with Crippen molar-refractivity contribution in [2.24, 2.45) is 10.8 Å². The summed E-state index contributed by atoms with van der Waals surface area (Å²) in [5.41, 5.74) is 8.50. The molecule has 2 aliphatic heterocycles. The summed E-state index contributed by atoms with van der Waals surface area (Å²) in [4.78, 5) is 0. The molecule has 0 amide bonds. The number of hydrazone groups is 1. The van der Waals surface area contributed by atoms with Gasteiger partial charge in [-0.3, -0.25) is 0 Å². The van der Waals surface area contributed by atoms with Crippen LogP contribution in [-0.4, -0.2) is 51.8 Å². The fourth-order valence-electron chi connectivity index (χ4n) is 2.65. The number of thiol groups is 2. The van der Waals surface area contributed by atoms with Crippen LogP contribution in [0.3, 0.4) is 0 Å². The van der Waals surface area contributed by atoms with Gasteiger partial charge in [0.1, 0.15) is 17.5 Å². The van der Waals surface area contributed by atoms with Gasteiger partial charge in [0.2, 0.25) is 0 Å². The van der Waals surface area contributed by atoms with Crippen LogP contribution < -0.4 is 10.7 Å². The molecule has 2 heterocycles. The van der Waals surface area contributed by atoms with E-state index in [1.807, 2.05) is 50.3 Å². The fraction of sp³-hybridized carbons (Fsp3) is 0.400. The van der Waals surface area contributed by atoms with Gasteiger partial charge in [0, 0.05) is 17.1 Å². The van der Waals surface area contributed by atoms with Gasteiger partial charge < -0.3 is 20.7 Å². The SMILES string of the molecule is CC1(C)C=C2C(=NN(c3ccccc3)C(N)=C2C#N)CO1.OC(CS)C(O)CS. The standard InChI is InChI=1S/C16H16N4O.C4H10O2S2/c1-16(2)8-12-13(9-17)15(18)20(19-14(12)10-21-16)11-6-4-3-5-7-11;5-3(1-7)4(6)2-8/h3-8H,10,18H2,1-2H3;3-8H,1-2H2. The Kier molecular flexibility index (Phi) is 8.19. The van der Waals surface area contributed by atoms with E-state index in [1.54, 1.807) is 5.01 Å². The first-order valence-electron chi connectivity index (χ1n) is 9.02. The van der Waals surface area contributed by atoms with Crippen molar-refractivity contribution in [2.45, 2.75) is 31.7 Å². The molecule has 29 heavy (non-hydrogen) atoms. The van der Waals surface area contributed by atoms with Crippen LogP contribution >= 0.6 is 25.3 Å². The summed E-state index contributed by atoms with van der Waals surface area (Å²) >= 11 is 7.53. The van der Waals surface area contributed by atoms with E-state index < -0.39 is 17.8 Å². The average molecular weight is 435 g/mol. The Morgan fingerprint density at radius 3 is 2.34 bits per heavy atom. The predicted octanol–water partition coefficient (Wildman–Crippen LogP) is 1.86. The van der Waals surface area contributed by atoms with Gasteiger partial charge in [-0.05, 0) is 32.1 Å². The van der Waals surface area contributed by atoms with Crippen LogP contribution in [0.15, 0.2) is 58.5 Å². The van der Waals surface area contributed by atoms with E-state index >= 15 is 0 Å². The van der Waals surface area contributed by atoms with Gasteiger partial charge in [0.25, 0.3) is 0 Å². The predicted molar refractivity (Wildman–Crippen MR) is 121 cm³/mol. The number of aliphatic hydroxyl groups excluding tert-OH is 2. The number of para-hydroxylation sites is 1. The number of nitriles is 1. The molecule has 0 saturated carbocycles. The van der Waals surface area contributed by atoms with Crippen LogP contribution in [0.25, 0.3) is 0 Å². The van der Waals surface area contributed by atoms with Crippen LogP contribution in [0.4, 0.5) is 5.69 Å². The number of hydrogen-bond donors (Lipinski definition) is 5. The Balaban J connectivity index is 0.000000321. The number of fused-ring (bicyclic) bond motifs is 1. The highest BCUT2D eigenvalue weighted by atomic mass is 32.1. The van der Waals surface area contributed by atoms with E-state index in [4.69, 9.17) is 20.7 Å². The molecule has 7 nitrogen and oxygen atoms in total. The molecule has 0 saturated heterocycles. The van der Waals surface area contributed by atoms with Crippen LogP contribution in [-0.2, 0) is 4.74 Å². The first kappa shape index (κ1) is 23.3. The molecule has 0 aromatic heterocycles. The molecule has 0 spiro atoms. The lowest BCUT2D eigenvalue weighted by molar-refractivity contribution is 0.0409. The Hall–Kier alpha value is -1.96. The van der Waals surface area contributed by atoms with Crippen LogP contribution in [0, 0.1) is 11.3 Å². The highest BCUT2D eigenvalue weighted by Gasteiger charge is 2.33. The molecule has 0 aliphatic carbocycles. The van der Waals surface area contributed by atoms with Crippen molar-refractivity contribution >= 4 is 36.7 Å². The maximum Gasteiger partial charge on any atom is 0.144 e. The van der Waals surface area contributed by atoms with Crippen molar-refractivity contribution < 1.29 is 14.9 Å². The maximum atomic E-state index is 9.48. The van der Waals surface area contributed by atoms with Gasteiger partial charge in [0.15, 0.2) is 0 Å². The second-order valence-corrected chi connectivity index (χ2v) is 7.75. The van der Waals surface area contributed by atoms with Gasteiger partial charge in [0.05, 0.1) is 35.8 Å². The molecule has 1 aromatic carbocycles. The molecule has 2 aliphatic rings. The molecule has 3 rings (SSSR count). The number of aliphatic hydroxyl groups is 2. The minimum Gasteiger partial charge on any atom is -0.390 e. The number of ether oxygens (including phenoxy) is 1. The zero-order valence-electron chi connectivity index (χ0n) is 16.4. The van der Waals surface area contributed by atoms with Gasteiger partial charge in [-0.15, -0.1) is 0 Å². The second-order valence-electron chi connectivity index (χ2n) is 7.02. The number of benzene rings is 1. The minimum absolute atomic E-state index is 0.279. The number of rotatable bonds is 4. The van der Waals surface area contributed by atoms with Gasteiger partial charge in [-0.2, -0.15) is 35.6 Å². The van der Waals surface area contributed by atoms with Gasteiger partial charge in [-0.25, -0.2) is 5.01 Å². The van der Waals surface area contributed by atoms with Gasteiger partial charge in [-0.1, -0.05) is 18.2 Å². The molecule has 0 radical (unpaired) electrons. The lowest BCUT2D eigenvalue weighted by Crippen LogP contribution is -2.39. The quantitative estimate of drug-likeness (QED) is 0.462. The Bertz CT molecular complexity index is 839. The maximum absolute atomic E-state index is 9.48. The number of anilines is 1. The highest BCUT2D eigenvalue weighted by Crippen LogP contribution is 2.32. The topological polar surface area (TPSA) is 115 Å². The van der Waals surface area contributed by atoms with Gasteiger partial charge >= 0.3 is 0 Å². The van der Waals surface area contributed by atoms with Crippen LogP contribution in [0.5, 0.6) is 0 Å². The number of nitrogens with two attached hydrogens (primary N) is 1. The van der Waals surface area contributed by atoms with Crippen molar-refractivity contribution in [3.8, 4) is 6.07 Å². The highest BCUT2D eigenvalue weighted by molar-refractivity contribution is 7.80. The number of nitrogens with zero attached hydrogens (tertiary/aromatic N) is 3. The van der Waals surface area contributed by atoms with Crippen molar-refractivity contribution in [3.05, 3.63) is 53.4 Å². The summed E-state index contributed by atoms with van der Waals surface area (Å²) in [5.74, 6) is 0.903. The molecule has 156 valence electrons. The first-order valence-corrected chi connectivity index (χ1v) is 10.3. The summed E-state index contributed by atoms with van der Waals surface area (Å²) in [6, 6.07) is 11.7. The molecule has 2 atom stereocenters. The third-order valence-electron chi connectivity index (χ3n) is 4.29. The first-order chi connectivity index (χ1) is 13.7. The molecule has 0 fully saturated rings. The zero-order chi connectivity index (χ0) is 21.6. The van der Waals surface area contributed by atoms with Crippen LogP contribution in [0.1, 0.15) is 13.8 Å². The molecular formula is C20H26N4O3S2. The van der Waals surface area contributed by atoms with E-state index in [0.29, 0.717) is 18.0 Å². The van der Waals surface area contributed by atoms with E-state index in [2.05, 4.69) is 36.4 Å². The molecular weight excluding hydrogens is 408 g/mol. The second kappa shape index (κ2) is 10.2. The summed E-state index contributed by atoms with van der Waals surface area (Å²) in [5, 5.41) is 33.1. The lowest BCUT2D eigenvalue weighted by atomic mass is 9.92. The Morgan fingerprint density at radius 2 is 1.83 bits per heavy atom. The summed E-state index contributed by atoms with van der Waals surface area (Å²) < 4.78 is 5.74. The molecule has 9 heteroatoms. The van der Waals surface area contributed by atoms with E-state index in [0.717, 1.165) is 17.0 Å². The smallest absolute Gasteiger partial charge is 0.144 e. The number of hydrogen-bond acceptors (Lipinski definition) is 9. The Labute approximate surface area is 182 Å². The van der Waals surface area contributed by atoms with E-state index in [1.165, 1.54) is 0 Å². The average Bonchev–Trinajstić information content (AvgIpc) is 2.72. The largest absolute Gasteiger partial charge is 0.390 e. The van der Waals surface area contributed by atoms with E-state index in [-0.39, 0.29) is 11.5 Å². The molecule has 2 unspecified atom stereocenters. The van der Waals surface area contributed by atoms with Crippen molar-refractivity contribution in [3.63, 3.8) is 0 Å².